The highest BCUT2D eigenvalue weighted by Gasteiger charge is 2.44. The van der Waals surface area contributed by atoms with Crippen LogP contribution in [0.15, 0.2) is 48.6 Å². The number of hydrogen-bond acceptors (Lipinski definition) is 8. The van der Waals surface area contributed by atoms with Gasteiger partial charge < -0.3 is 40.3 Å². The zero-order valence-electron chi connectivity index (χ0n) is 51.9. The zero-order valence-corrected chi connectivity index (χ0v) is 51.9. The van der Waals surface area contributed by atoms with Gasteiger partial charge in [-0.3, -0.25) is 4.79 Å². The first-order valence-corrected chi connectivity index (χ1v) is 34.4. The first-order chi connectivity index (χ1) is 38.8. The molecule has 6 N–H and O–H groups in total. The van der Waals surface area contributed by atoms with Crippen LogP contribution in [-0.4, -0.2) is 87.5 Å². The van der Waals surface area contributed by atoms with Crippen LogP contribution in [-0.2, 0) is 14.3 Å². The van der Waals surface area contributed by atoms with E-state index in [1.165, 1.54) is 270 Å². The summed E-state index contributed by atoms with van der Waals surface area (Å²) in [5.74, 6) is -0.186. The first kappa shape index (κ1) is 75.2. The lowest BCUT2D eigenvalue weighted by atomic mass is 9.99. The first-order valence-electron chi connectivity index (χ1n) is 34.4. The number of nitrogens with one attached hydrogen (secondary N) is 1. The van der Waals surface area contributed by atoms with Crippen LogP contribution in [0.4, 0.5) is 0 Å². The van der Waals surface area contributed by atoms with Crippen molar-refractivity contribution >= 4 is 5.91 Å². The molecule has 1 aliphatic rings. The topological polar surface area (TPSA) is 149 Å². The van der Waals surface area contributed by atoms with Gasteiger partial charge in [-0.15, -0.1) is 0 Å². The lowest BCUT2D eigenvalue weighted by Crippen LogP contribution is -2.60. The van der Waals surface area contributed by atoms with E-state index in [0.29, 0.717) is 6.42 Å². The summed E-state index contributed by atoms with van der Waals surface area (Å²) < 4.78 is 11.3. The summed E-state index contributed by atoms with van der Waals surface area (Å²) in [6, 6.07) is -0.829. The van der Waals surface area contributed by atoms with Gasteiger partial charge in [-0.2, -0.15) is 0 Å². The summed E-state index contributed by atoms with van der Waals surface area (Å²) in [6.45, 7) is 3.80. The molecule has 0 saturated carbocycles. The normalized spacial score (nSPS) is 18.8. The average Bonchev–Trinajstić information content (AvgIpc) is 3.46. The summed E-state index contributed by atoms with van der Waals surface area (Å²) in [6.07, 6.45) is 73.6. The van der Waals surface area contributed by atoms with Gasteiger partial charge in [0.2, 0.25) is 5.91 Å². The van der Waals surface area contributed by atoms with E-state index in [2.05, 4.69) is 55.6 Å². The SMILES string of the molecule is CCCCCCCCCCCCCC/C=C\CCCCCCCCCCCCCCCCCCC(=O)NC(COC1OC(CO)C(O)C(O)C1O)C(O)/C=C/CC/C=C/CC/C=C/CCCCCCCCCCCCCCCC. The van der Waals surface area contributed by atoms with Crippen molar-refractivity contribution in [2.24, 2.45) is 0 Å². The minimum absolute atomic E-state index is 0.186. The van der Waals surface area contributed by atoms with E-state index >= 15 is 0 Å². The van der Waals surface area contributed by atoms with Crippen LogP contribution in [0.3, 0.4) is 0 Å². The maximum Gasteiger partial charge on any atom is 0.220 e. The predicted octanol–water partition coefficient (Wildman–Crippen LogP) is 18.4. The Bertz CT molecular complexity index is 1380. The summed E-state index contributed by atoms with van der Waals surface area (Å²) in [4.78, 5) is 13.1. The number of allylic oxidation sites excluding steroid dienone is 7. The number of carbonyl (C=O) groups excluding carboxylic acids is 1. The summed E-state index contributed by atoms with van der Waals surface area (Å²) >= 11 is 0. The molecule has 79 heavy (non-hydrogen) atoms. The van der Waals surface area contributed by atoms with E-state index in [1.807, 2.05) is 6.08 Å². The number of amides is 1. The van der Waals surface area contributed by atoms with E-state index in [0.717, 1.165) is 44.9 Å². The molecule has 1 aliphatic heterocycles. The smallest absolute Gasteiger partial charge is 0.220 e. The van der Waals surface area contributed by atoms with Gasteiger partial charge in [0.05, 0.1) is 25.4 Å². The van der Waals surface area contributed by atoms with E-state index in [4.69, 9.17) is 9.47 Å². The predicted molar refractivity (Wildman–Crippen MR) is 336 cm³/mol. The highest BCUT2D eigenvalue weighted by atomic mass is 16.7. The van der Waals surface area contributed by atoms with Crippen LogP contribution in [0.5, 0.6) is 0 Å². The molecule has 7 unspecified atom stereocenters. The number of unbranched alkanes of at least 4 members (excludes halogenated alkanes) is 44. The van der Waals surface area contributed by atoms with Crippen molar-refractivity contribution in [3.05, 3.63) is 48.6 Å². The molecule has 1 amide bonds. The Morgan fingerprint density at radius 2 is 0.722 bits per heavy atom. The maximum atomic E-state index is 13.1. The van der Waals surface area contributed by atoms with Gasteiger partial charge >= 0.3 is 0 Å². The Hall–Kier alpha value is -1.85. The van der Waals surface area contributed by atoms with Gasteiger partial charge in [-0.25, -0.2) is 0 Å². The number of hydrogen-bond donors (Lipinski definition) is 6. The Morgan fingerprint density at radius 3 is 1.06 bits per heavy atom. The second-order valence-corrected chi connectivity index (χ2v) is 24.0. The molecule has 1 rings (SSSR count). The van der Waals surface area contributed by atoms with Gasteiger partial charge in [0.1, 0.15) is 24.4 Å². The van der Waals surface area contributed by atoms with Crippen molar-refractivity contribution in [1.29, 1.82) is 0 Å². The van der Waals surface area contributed by atoms with E-state index in [9.17, 15) is 30.3 Å². The molecule has 0 aliphatic carbocycles. The van der Waals surface area contributed by atoms with E-state index < -0.39 is 49.5 Å². The molecule has 9 nitrogen and oxygen atoms in total. The summed E-state index contributed by atoms with van der Waals surface area (Å²) in [5, 5.41) is 54.7. The van der Waals surface area contributed by atoms with Crippen molar-refractivity contribution < 1.29 is 39.8 Å². The van der Waals surface area contributed by atoms with Crippen LogP contribution >= 0.6 is 0 Å². The minimum Gasteiger partial charge on any atom is -0.394 e. The van der Waals surface area contributed by atoms with Crippen molar-refractivity contribution in [3.8, 4) is 0 Å². The molecular formula is C70H131NO8. The molecule has 0 aromatic carbocycles. The zero-order chi connectivity index (χ0) is 57.2. The van der Waals surface area contributed by atoms with Crippen molar-refractivity contribution in [1.82, 2.24) is 5.32 Å². The molecule has 1 fully saturated rings. The lowest BCUT2D eigenvalue weighted by molar-refractivity contribution is -0.302. The quantitative estimate of drug-likeness (QED) is 0.0261. The van der Waals surface area contributed by atoms with Crippen LogP contribution in [0.2, 0.25) is 0 Å². The average molecular weight is 1110 g/mol. The molecule has 1 saturated heterocycles. The fraction of sp³-hybridized carbons (Fsp3) is 0.871. The van der Waals surface area contributed by atoms with Gasteiger partial charge in [0.15, 0.2) is 6.29 Å². The fourth-order valence-electron chi connectivity index (χ4n) is 11.0. The van der Waals surface area contributed by atoms with Crippen molar-refractivity contribution in [3.63, 3.8) is 0 Å². The van der Waals surface area contributed by atoms with Crippen molar-refractivity contribution in [2.45, 2.75) is 378 Å². The Balaban J connectivity index is 2.15. The van der Waals surface area contributed by atoms with E-state index in [1.54, 1.807) is 6.08 Å². The third-order valence-electron chi connectivity index (χ3n) is 16.4. The minimum atomic E-state index is -1.58. The van der Waals surface area contributed by atoms with Gasteiger partial charge in [-0.05, 0) is 70.6 Å². The molecule has 7 atom stereocenters. The second kappa shape index (κ2) is 59.3. The lowest BCUT2D eigenvalue weighted by Gasteiger charge is -2.40. The maximum absolute atomic E-state index is 13.1. The largest absolute Gasteiger partial charge is 0.394 e. The Labute approximate surface area is 488 Å². The molecule has 0 bridgehead atoms. The molecule has 0 radical (unpaired) electrons. The number of ether oxygens (including phenoxy) is 2. The molecule has 464 valence electrons. The number of rotatable bonds is 60. The third-order valence-corrected chi connectivity index (χ3v) is 16.4. The molecule has 1 heterocycles. The number of carbonyl (C=O) groups is 1. The monoisotopic (exact) mass is 1110 g/mol. The highest BCUT2D eigenvalue weighted by Crippen LogP contribution is 2.23. The third kappa shape index (κ3) is 48.3. The van der Waals surface area contributed by atoms with Crippen LogP contribution in [0.25, 0.3) is 0 Å². The summed E-state index contributed by atoms with van der Waals surface area (Å²) in [5.41, 5.74) is 0. The van der Waals surface area contributed by atoms with Gasteiger partial charge in [0, 0.05) is 6.42 Å². The standard InChI is InChI=1S/C70H131NO8/c1-3-5-7-9-11-13-15-17-19-21-23-25-27-29-30-31-32-33-34-35-36-38-40-42-44-46-48-50-52-54-56-58-60-66(74)71-63(62-78-70-69(77)68(76)67(75)65(61-72)79-70)64(73)59-57-55-53-51-49-47-45-43-41-39-37-28-26-24-22-20-18-16-14-12-10-8-6-4-2/h29-30,41,43,49,51,57,59,63-65,67-70,72-73,75-77H,3-28,31-40,42,44-48,50,52-56,58,60-62H2,1-2H3,(H,71,74)/b30-29-,43-41+,51-49+,59-57+. The molecule has 0 spiro atoms. The number of aliphatic hydroxyl groups is 5. The Kier molecular flexibility index (Phi) is 56.4. The van der Waals surface area contributed by atoms with Gasteiger partial charge in [0.25, 0.3) is 0 Å². The molecule has 0 aromatic heterocycles. The van der Waals surface area contributed by atoms with Crippen LogP contribution in [0, 0.1) is 0 Å². The second-order valence-electron chi connectivity index (χ2n) is 24.0. The van der Waals surface area contributed by atoms with Crippen molar-refractivity contribution in [2.75, 3.05) is 13.2 Å². The molecular weight excluding hydrogens is 983 g/mol. The van der Waals surface area contributed by atoms with Gasteiger partial charge in [-0.1, -0.05) is 306 Å². The highest BCUT2D eigenvalue weighted by molar-refractivity contribution is 5.76. The molecule has 9 heteroatoms. The Morgan fingerprint density at radius 1 is 0.418 bits per heavy atom. The fourth-order valence-corrected chi connectivity index (χ4v) is 11.0. The van der Waals surface area contributed by atoms with Crippen LogP contribution in [0.1, 0.15) is 335 Å². The molecule has 0 aromatic rings. The van der Waals surface area contributed by atoms with E-state index in [-0.39, 0.29) is 12.5 Å². The summed E-state index contributed by atoms with van der Waals surface area (Å²) in [7, 11) is 0. The van der Waals surface area contributed by atoms with Crippen LogP contribution < -0.4 is 5.32 Å². The number of aliphatic hydroxyl groups excluding tert-OH is 5.